The normalized spacial score (nSPS) is 11.5. The number of methoxy groups -OCH3 is 3. The molecule has 194 valence electrons. The van der Waals surface area contributed by atoms with Crippen LogP contribution in [0.4, 0.5) is 0 Å². The summed E-state index contributed by atoms with van der Waals surface area (Å²) < 4.78 is 16.1. The predicted octanol–water partition coefficient (Wildman–Crippen LogP) is 8.78. The van der Waals surface area contributed by atoms with Gasteiger partial charge in [0.05, 0.1) is 26.9 Å². The summed E-state index contributed by atoms with van der Waals surface area (Å²) in [6.07, 6.45) is 0. The van der Waals surface area contributed by atoms with Crippen LogP contribution in [0.2, 0.25) is 0 Å². The maximum atomic E-state index is 12.7. The summed E-state index contributed by atoms with van der Waals surface area (Å²) in [6, 6.07) is 35.3. The summed E-state index contributed by atoms with van der Waals surface area (Å²) in [5.41, 5.74) is 9.62. The van der Waals surface area contributed by atoms with Crippen LogP contribution in [0.3, 0.4) is 0 Å². The lowest BCUT2D eigenvalue weighted by molar-refractivity contribution is 0.0601. The van der Waals surface area contributed by atoms with Crippen molar-refractivity contribution in [3.05, 3.63) is 109 Å². The highest BCUT2D eigenvalue weighted by Crippen LogP contribution is 2.57. The van der Waals surface area contributed by atoms with Crippen LogP contribution in [0.15, 0.2) is 103 Å². The first-order chi connectivity index (χ1) is 19.6. The highest BCUT2D eigenvalue weighted by Gasteiger charge is 2.30. The molecule has 0 bridgehead atoms. The topological polar surface area (TPSA) is 44.8 Å². The first kappa shape index (κ1) is 24.0. The first-order valence-electron chi connectivity index (χ1n) is 13.2. The second-order valence-corrected chi connectivity index (χ2v) is 9.92. The first-order valence-corrected chi connectivity index (χ1v) is 13.2. The zero-order valence-electron chi connectivity index (χ0n) is 22.4. The van der Waals surface area contributed by atoms with E-state index >= 15 is 0 Å². The van der Waals surface area contributed by atoms with Crippen molar-refractivity contribution < 1.29 is 19.0 Å². The average Bonchev–Trinajstić information content (AvgIpc) is 3.34. The molecule has 4 heteroatoms. The van der Waals surface area contributed by atoms with Gasteiger partial charge in [-0.25, -0.2) is 4.79 Å². The van der Waals surface area contributed by atoms with Gasteiger partial charge in [-0.15, -0.1) is 0 Å². The summed E-state index contributed by atoms with van der Waals surface area (Å²) in [5, 5.41) is 4.49. The SMILES string of the molecule is COC(=O)c1ccc2c(-c3ccc(OC)cc3)c3c(c(-c4ccc(OC)cc4)c2c1)-c1cccc2cccc-3c12. The van der Waals surface area contributed by atoms with E-state index in [-0.39, 0.29) is 5.97 Å². The van der Waals surface area contributed by atoms with Crippen LogP contribution in [-0.4, -0.2) is 27.3 Å². The molecule has 0 saturated heterocycles. The summed E-state index contributed by atoms with van der Waals surface area (Å²) in [4.78, 5) is 12.7. The Bertz CT molecular complexity index is 1950. The van der Waals surface area contributed by atoms with E-state index in [1.54, 1.807) is 14.2 Å². The van der Waals surface area contributed by atoms with Gasteiger partial charge in [0.2, 0.25) is 0 Å². The molecule has 40 heavy (non-hydrogen) atoms. The number of carbonyl (C=O) groups excluding carboxylic acids is 1. The molecule has 0 atom stereocenters. The smallest absolute Gasteiger partial charge is 0.337 e. The van der Waals surface area contributed by atoms with Crippen LogP contribution >= 0.6 is 0 Å². The molecule has 0 aromatic heterocycles. The number of rotatable bonds is 5. The maximum absolute atomic E-state index is 12.7. The molecular weight excluding hydrogens is 496 g/mol. The van der Waals surface area contributed by atoms with Crippen molar-refractivity contribution in [2.75, 3.05) is 21.3 Å². The minimum atomic E-state index is -0.362. The molecule has 4 nitrogen and oxygen atoms in total. The van der Waals surface area contributed by atoms with Gasteiger partial charge >= 0.3 is 5.97 Å². The third-order valence-corrected chi connectivity index (χ3v) is 7.93. The molecule has 1 aliphatic carbocycles. The van der Waals surface area contributed by atoms with E-state index < -0.39 is 0 Å². The monoisotopic (exact) mass is 522 g/mol. The van der Waals surface area contributed by atoms with E-state index in [9.17, 15) is 4.79 Å². The summed E-state index contributed by atoms with van der Waals surface area (Å²) in [6.45, 7) is 0. The van der Waals surface area contributed by atoms with Crippen LogP contribution in [0, 0.1) is 0 Å². The highest BCUT2D eigenvalue weighted by molar-refractivity contribution is 6.27. The number of benzene rings is 6. The lowest BCUT2D eigenvalue weighted by Crippen LogP contribution is -2.02. The minimum absolute atomic E-state index is 0.362. The van der Waals surface area contributed by atoms with Crippen molar-refractivity contribution in [2.45, 2.75) is 0 Å². The zero-order valence-corrected chi connectivity index (χ0v) is 22.4. The predicted molar refractivity (Wildman–Crippen MR) is 161 cm³/mol. The number of fused-ring (bicyclic) bond motifs is 4. The molecule has 0 N–H and O–H groups in total. The molecule has 0 saturated carbocycles. The van der Waals surface area contributed by atoms with Gasteiger partial charge in [-0.2, -0.15) is 0 Å². The fourth-order valence-corrected chi connectivity index (χ4v) is 6.14. The van der Waals surface area contributed by atoms with Gasteiger partial charge in [0, 0.05) is 0 Å². The van der Waals surface area contributed by atoms with Gasteiger partial charge in [0.15, 0.2) is 0 Å². The van der Waals surface area contributed by atoms with Gasteiger partial charge in [0.25, 0.3) is 0 Å². The Labute approximate surface area is 232 Å². The summed E-state index contributed by atoms with van der Waals surface area (Å²) >= 11 is 0. The largest absolute Gasteiger partial charge is 0.497 e. The molecule has 0 amide bonds. The molecule has 7 rings (SSSR count). The molecule has 0 spiro atoms. The van der Waals surface area contributed by atoms with E-state index in [1.165, 1.54) is 34.6 Å². The van der Waals surface area contributed by atoms with Gasteiger partial charge in [-0.05, 0) is 102 Å². The maximum Gasteiger partial charge on any atom is 0.337 e. The Morgan fingerprint density at radius 1 is 0.550 bits per heavy atom. The Balaban J connectivity index is 1.69. The van der Waals surface area contributed by atoms with E-state index in [0.29, 0.717) is 5.56 Å². The Morgan fingerprint density at radius 2 is 1.07 bits per heavy atom. The highest BCUT2D eigenvalue weighted by atomic mass is 16.5. The summed E-state index contributed by atoms with van der Waals surface area (Å²) in [5.74, 6) is 1.23. The van der Waals surface area contributed by atoms with Crippen molar-refractivity contribution in [1.29, 1.82) is 0 Å². The minimum Gasteiger partial charge on any atom is -0.497 e. The molecule has 0 unspecified atom stereocenters. The van der Waals surface area contributed by atoms with Crippen LogP contribution in [0.25, 0.3) is 66.1 Å². The third-order valence-electron chi connectivity index (χ3n) is 7.93. The van der Waals surface area contributed by atoms with Crippen LogP contribution < -0.4 is 9.47 Å². The van der Waals surface area contributed by atoms with E-state index in [1.807, 2.05) is 36.4 Å². The van der Waals surface area contributed by atoms with E-state index in [4.69, 9.17) is 14.2 Å². The van der Waals surface area contributed by atoms with Crippen molar-refractivity contribution >= 4 is 27.5 Å². The van der Waals surface area contributed by atoms with Crippen LogP contribution in [0.1, 0.15) is 10.4 Å². The average molecular weight is 523 g/mol. The molecule has 1 aliphatic rings. The zero-order chi connectivity index (χ0) is 27.4. The second-order valence-electron chi connectivity index (χ2n) is 9.92. The second kappa shape index (κ2) is 9.28. The van der Waals surface area contributed by atoms with Gasteiger partial charge < -0.3 is 14.2 Å². The van der Waals surface area contributed by atoms with Crippen molar-refractivity contribution in [3.63, 3.8) is 0 Å². The third kappa shape index (κ3) is 3.50. The van der Waals surface area contributed by atoms with Crippen LogP contribution in [0.5, 0.6) is 11.5 Å². The van der Waals surface area contributed by atoms with Gasteiger partial charge in [0.1, 0.15) is 11.5 Å². The Hall–Kier alpha value is -5.09. The molecule has 0 radical (unpaired) electrons. The molecular formula is C36H26O4. The molecule has 0 fully saturated rings. The molecule has 0 aliphatic heterocycles. The van der Waals surface area contributed by atoms with Crippen molar-refractivity contribution in [1.82, 2.24) is 0 Å². The standard InChI is InChI=1S/C36H26O4/c1-38-25-15-10-22(11-16-25)32-27-19-14-24(36(37)40-3)20-30(27)33(23-12-17-26(39-2)18-13-23)35-29-9-5-7-21-6-4-8-28(31(21)29)34(32)35/h4-20H,1-3H3. The van der Waals surface area contributed by atoms with Crippen molar-refractivity contribution in [3.8, 4) is 56.0 Å². The number of hydrogen-bond acceptors (Lipinski definition) is 4. The fourth-order valence-electron chi connectivity index (χ4n) is 6.14. The quantitative estimate of drug-likeness (QED) is 0.212. The van der Waals surface area contributed by atoms with Gasteiger partial charge in [-0.1, -0.05) is 66.7 Å². The summed E-state index contributed by atoms with van der Waals surface area (Å²) in [7, 11) is 4.77. The van der Waals surface area contributed by atoms with E-state index in [0.717, 1.165) is 50.1 Å². The number of ether oxygens (including phenoxy) is 3. The van der Waals surface area contributed by atoms with E-state index in [2.05, 4.69) is 66.7 Å². The molecule has 0 heterocycles. The Morgan fingerprint density at radius 3 is 1.57 bits per heavy atom. The van der Waals surface area contributed by atoms with Crippen molar-refractivity contribution in [2.24, 2.45) is 0 Å². The molecule has 6 aromatic rings. The molecule has 6 aromatic carbocycles. The Kier molecular flexibility index (Phi) is 5.56. The number of esters is 1. The lowest BCUT2D eigenvalue weighted by Gasteiger charge is -2.21. The lowest BCUT2D eigenvalue weighted by atomic mass is 9.82. The van der Waals surface area contributed by atoms with Gasteiger partial charge in [-0.3, -0.25) is 0 Å². The number of carbonyl (C=O) groups is 1. The fraction of sp³-hybridized carbons (Fsp3) is 0.0833. The number of hydrogen-bond donors (Lipinski definition) is 0. The van der Waals surface area contributed by atoms with Crippen LogP contribution in [-0.2, 0) is 4.74 Å².